The summed E-state index contributed by atoms with van der Waals surface area (Å²) in [6, 6.07) is 19.6. The summed E-state index contributed by atoms with van der Waals surface area (Å²) >= 11 is 6.75. The van der Waals surface area contributed by atoms with E-state index in [-0.39, 0.29) is 11.9 Å². The molecule has 1 amide bonds. The predicted octanol–water partition coefficient (Wildman–Crippen LogP) is 10.6. The number of carbonyl (C=O) groups is 1. The molecular formula is C36H49ClN4O. The van der Waals surface area contributed by atoms with E-state index in [0.717, 1.165) is 34.5 Å². The molecule has 5 nitrogen and oxygen atoms in total. The van der Waals surface area contributed by atoms with Crippen molar-refractivity contribution in [1.29, 1.82) is 0 Å². The molecule has 0 fully saturated rings. The van der Waals surface area contributed by atoms with E-state index < -0.39 is 0 Å². The largest absolute Gasteiger partial charge is 0.367 e. The highest BCUT2D eigenvalue weighted by Crippen LogP contribution is 2.30. The Balaban J connectivity index is 0.000000797. The number of carbonyl (C=O) groups excluding carboxylic acids is 1. The summed E-state index contributed by atoms with van der Waals surface area (Å²) in [5, 5.41) is 8.37. The molecule has 42 heavy (non-hydrogen) atoms. The van der Waals surface area contributed by atoms with Gasteiger partial charge in [-0.15, -0.1) is 0 Å². The highest BCUT2D eigenvalue weighted by Gasteiger charge is 2.20. The predicted molar refractivity (Wildman–Crippen MR) is 180 cm³/mol. The van der Waals surface area contributed by atoms with E-state index in [4.69, 9.17) is 16.7 Å². The van der Waals surface area contributed by atoms with Gasteiger partial charge in [-0.25, -0.2) is 4.68 Å². The lowest BCUT2D eigenvalue weighted by atomic mass is 9.98. The summed E-state index contributed by atoms with van der Waals surface area (Å²) in [4.78, 5) is 16.3. The van der Waals surface area contributed by atoms with Gasteiger partial charge < -0.3 is 10.3 Å². The molecule has 0 aliphatic heterocycles. The summed E-state index contributed by atoms with van der Waals surface area (Å²) in [7, 11) is 0. The van der Waals surface area contributed by atoms with Gasteiger partial charge in [-0.05, 0) is 78.8 Å². The first-order chi connectivity index (χ1) is 20.3. The quantitative estimate of drug-likeness (QED) is 0.193. The van der Waals surface area contributed by atoms with Crippen molar-refractivity contribution in [2.24, 2.45) is 0 Å². The molecule has 2 N–H and O–H groups in total. The second kappa shape index (κ2) is 18.1. The van der Waals surface area contributed by atoms with E-state index in [2.05, 4.69) is 50.1 Å². The van der Waals surface area contributed by atoms with Gasteiger partial charge in [0, 0.05) is 12.4 Å². The minimum atomic E-state index is -0.233. The number of aromatic nitrogens is 3. The molecule has 1 unspecified atom stereocenters. The molecule has 0 saturated carbocycles. The highest BCUT2D eigenvalue weighted by atomic mass is 35.5. The van der Waals surface area contributed by atoms with Crippen molar-refractivity contribution in [3.8, 4) is 5.69 Å². The maximum absolute atomic E-state index is 13.2. The number of aromatic amines is 1. The zero-order valence-electron chi connectivity index (χ0n) is 26.7. The molecular weight excluding hydrogens is 540 g/mol. The Labute approximate surface area is 258 Å². The Morgan fingerprint density at radius 2 is 1.69 bits per heavy atom. The van der Waals surface area contributed by atoms with Crippen molar-refractivity contribution in [3.05, 3.63) is 106 Å². The van der Waals surface area contributed by atoms with E-state index in [9.17, 15) is 4.79 Å². The van der Waals surface area contributed by atoms with Crippen molar-refractivity contribution >= 4 is 29.2 Å². The Morgan fingerprint density at radius 3 is 2.24 bits per heavy atom. The Bertz CT molecular complexity index is 1370. The summed E-state index contributed by atoms with van der Waals surface area (Å²) in [5.41, 5.74) is 6.11. The van der Waals surface area contributed by atoms with Crippen LogP contribution in [0.2, 0.25) is 5.02 Å². The molecule has 0 aliphatic carbocycles. The zero-order chi connectivity index (χ0) is 31.1. The van der Waals surface area contributed by atoms with E-state index in [1.165, 1.54) is 24.8 Å². The topological polar surface area (TPSA) is 62.7 Å². The first-order valence-electron chi connectivity index (χ1n) is 15.4. The number of allylic oxidation sites excluding steroid dienone is 1. The molecule has 2 atom stereocenters. The third-order valence-electron chi connectivity index (χ3n) is 7.09. The minimum Gasteiger partial charge on any atom is -0.367 e. The number of halogens is 1. The Morgan fingerprint density at radius 1 is 1.00 bits per heavy atom. The van der Waals surface area contributed by atoms with E-state index in [0.29, 0.717) is 16.6 Å². The van der Waals surface area contributed by atoms with Crippen molar-refractivity contribution in [2.45, 2.75) is 93.0 Å². The number of nitrogens with one attached hydrogen (secondary N) is 2. The van der Waals surface area contributed by atoms with Crippen molar-refractivity contribution < 1.29 is 4.79 Å². The first-order valence-corrected chi connectivity index (χ1v) is 15.7. The fourth-order valence-electron chi connectivity index (χ4n) is 4.39. The molecule has 0 bridgehead atoms. The van der Waals surface area contributed by atoms with Crippen LogP contribution in [-0.4, -0.2) is 20.7 Å². The number of unbranched alkanes of at least 4 members (excludes halogenated alkanes) is 2. The highest BCUT2D eigenvalue weighted by molar-refractivity contribution is 6.32. The van der Waals surface area contributed by atoms with Crippen molar-refractivity contribution in [2.75, 3.05) is 0 Å². The van der Waals surface area contributed by atoms with Crippen LogP contribution in [0.15, 0.2) is 73.1 Å². The average Bonchev–Trinajstić information content (AvgIpc) is 3.69. The Kier molecular flexibility index (Phi) is 14.9. The van der Waals surface area contributed by atoms with E-state index in [1.54, 1.807) is 4.68 Å². The molecule has 4 rings (SSSR count). The summed E-state index contributed by atoms with van der Waals surface area (Å²) in [6.45, 7) is 16.7. The molecule has 0 aliphatic rings. The lowest BCUT2D eigenvalue weighted by Crippen LogP contribution is -2.27. The average molecular weight is 589 g/mol. The number of rotatable bonds is 10. The smallest absolute Gasteiger partial charge is 0.272 e. The number of nitrogens with zero attached hydrogens (tertiary/aromatic N) is 2. The second-order valence-corrected chi connectivity index (χ2v) is 10.7. The fourth-order valence-corrected chi connectivity index (χ4v) is 4.66. The lowest BCUT2D eigenvalue weighted by molar-refractivity contribution is 0.0934. The van der Waals surface area contributed by atoms with Crippen molar-refractivity contribution in [1.82, 2.24) is 20.1 Å². The van der Waals surface area contributed by atoms with Gasteiger partial charge in [0.25, 0.3) is 5.91 Å². The van der Waals surface area contributed by atoms with Crippen LogP contribution < -0.4 is 5.32 Å². The van der Waals surface area contributed by atoms with Crippen LogP contribution >= 0.6 is 11.6 Å². The maximum Gasteiger partial charge on any atom is 0.272 e. The van der Waals surface area contributed by atoms with Gasteiger partial charge in [-0.1, -0.05) is 109 Å². The lowest BCUT2D eigenvalue weighted by Gasteiger charge is -2.14. The van der Waals surface area contributed by atoms with Crippen LogP contribution in [0.1, 0.15) is 126 Å². The SMILES string of the molecule is CC.CCC(C)c1ccc(-n2nc(C(=O)N[C@H](C)c3ccccc3)cc2/C(C)=C/c2cc[nH]c2)c(Cl)c1.CCCCC. The standard InChI is InChI=1S/C29H31ClN4O.C5H12.C2H6/c1-5-19(2)24-11-12-27(25(30)16-24)34-28(20(3)15-22-13-14-31-18-22)17-26(33-34)29(35)32-21(4)23-9-7-6-8-10-23;1-3-5-4-2;1-2/h6-19,21,31H,5H2,1-4H3,(H,32,35);3-5H2,1-2H3;1-2H3/b20-15+;;/t19?,21-;;/m1../s1. The van der Waals surface area contributed by atoms with Gasteiger partial charge in [0.15, 0.2) is 5.69 Å². The molecule has 0 radical (unpaired) electrons. The fraction of sp³-hybridized carbons (Fsp3) is 0.389. The van der Waals surface area contributed by atoms with Crippen LogP contribution in [0.3, 0.4) is 0 Å². The number of H-pyrrole nitrogens is 1. The molecule has 4 aromatic rings. The molecule has 0 spiro atoms. The second-order valence-electron chi connectivity index (χ2n) is 10.3. The van der Waals surface area contributed by atoms with Gasteiger partial charge in [0.2, 0.25) is 0 Å². The third kappa shape index (κ3) is 9.77. The molecule has 2 aromatic heterocycles. The number of benzene rings is 2. The summed E-state index contributed by atoms with van der Waals surface area (Å²) < 4.78 is 1.77. The summed E-state index contributed by atoms with van der Waals surface area (Å²) in [6.07, 6.45) is 11.0. The molecule has 6 heteroatoms. The van der Waals surface area contributed by atoms with Gasteiger partial charge in [0.05, 0.1) is 22.4 Å². The first kappa shape index (κ1) is 34.6. The number of amides is 1. The van der Waals surface area contributed by atoms with Crippen LogP contribution in [0.4, 0.5) is 0 Å². The van der Waals surface area contributed by atoms with E-state index in [1.807, 2.05) is 94.7 Å². The third-order valence-corrected chi connectivity index (χ3v) is 7.39. The van der Waals surface area contributed by atoms with E-state index >= 15 is 0 Å². The van der Waals surface area contributed by atoms with Crippen LogP contribution in [-0.2, 0) is 0 Å². The molecule has 2 heterocycles. The molecule has 0 saturated heterocycles. The van der Waals surface area contributed by atoms with Gasteiger partial charge in [0.1, 0.15) is 0 Å². The Hall–Kier alpha value is -3.57. The van der Waals surface area contributed by atoms with Crippen LogP contribution in [0.25, 0.3) is 17.3 Å². The number of hydrogen-bond donors (Lipinski definition) is 2. The van der Waals surface area contributed by atoms with Crippen molar-refractivity contribution in [3.63, 3.8) is 0 Å². The molecule has 226 valence electrons. The number of hydrogen-bond acceptors (Lipinski definition) is 2. The van der Waals surface area contributed by atoms with Crippen LogP contribution in [0.5, 0.6) is 0 Å². The minimum absolute atomic E-state index is 0.146. The van der Waals surface area contributed by atoms with Crippen LogP contribution in [0, 0.1) is 0 Å². The normalized spacial score (nSPS) is 12.4. The zero-order valence-corrected chi connectivity index (χ0v) is 27.4. The molecule has 2 aromatic carbocycles. The van der Waals surface area contributed by atoms with Gasteiger partial charge in [-0.3, -0.25) is 4.79 Å². The monoisotopic (exact) mass is 588 g/mol. The maximum atomic E-state index is 13.2. The van der Waals surface area contributed by atoms with Gasteiger partial charge in [-0.2, -0.15) is 5.10 Å². The summed E-state index contributed by atoms with van der Waals surface area (Å²) in [5.74, 6) is 0.179. The van der Waals surface area contributed by atoms with Gasteiger partial charge >= 0.3 is 0 Å².